The van der Waals surface area contributed by atoms with Crippen molar-refractivity contribution in [3.8, 4) is 0 Å². The summed E-state index contributed by atoms with van der Waals surface area (Å²) in [6.45, 7) is 7.43. The number of hydrogen-bond donors (Lipinski definition) is 1. The topological polar surface area (TPSA) is 24.9 Å². The first-order chi connectivity index (χ1) is 6.88. The van der Waals surface area contributed by atoms with E-state index in [1.165, 1.54) is 0 Å². The minimum atomic E-state index is 0.168. The normalized spacial score (nSPS) is 11.8. The molecular formula is C11H16Br2N2. The van der Waals surface area contributed by atoms with Gasteiger partial charge in [0.2, 0.25) is 0 Å². The predicted molar refractivity (Wildman–Crippen MR) is 71.1 cm³/mol. The van der Waals surface area contributed by atoms with Gasteiger partial charge in [-0.1, -0.05) is 0 Å². The van der Waals surface area contributed by atoms with Gasteiger partial charge in [0.25, 0.3) is 0 Å². The molecule has 0 atom stereocenters. The lowest BCUT2D eigenvalue weighted by atomic mass is 10.1. The van der Waals surface area contributed by atoms with Gasteiger partial charge in [0.15, 0.2) is 0 Å². The van der Waals surface area contributed by atoms with Crippen LogP contribution in [-0.4, -0.2) is 17.1 Å². The molecule has 2 nitrogen and oxygen atoms in total. The fraction of sp³-hybridized carbons (Fsp3) is 0.545. The van der Waals surface area contributed by atoms with Crippen molar-refractivity contribution in [2.75, 3.05) is 6.54 Å². The summed E-state index contributed by atoms with van der Waals surface area (Å²) in [5.74, 6) is 0. The summed E-state index contributed by atoms with van der Waals surface area (Å²) in [4.78, 5) is 4.36. The maximum absolute atomic E-state index is 4.36. The Bertz CT molecular complexity index is 332. The van der Waals surface area contributed by atoms with Crippen LogP contribution in [0.1, 0.15) is 26.5 Å². The van der Waals surface area contributed by atoms with Crippen LogP contribution < -0.4 is 5.32 Å². The van der Waals surface area contributed by atoms with E-state index in [2.05, 4.69) is 62.9 Å². The van der Waals surface area contributed by atoms with Gasteiger partial charge in [-0.05, 0) is 58.7 Å². The molecule has 0 aromatic carbocycles. The lowest BCUT2D eigenvalue weighted by Crippen LogP contribution is -2.37. The van der Waals surface area contributed by atoms with Gasteiger partial charge in [0, 0.05) is 33.6 Å². The van der Waals surface area contributed by atoms with E-state index in [0.717, 1.165) is 27.6 Å². The van der Waals surface area contributed by atoms with Crippen LogP contribution >= 0.6 is 31.9 Å². The van der Waals surface area contributed by atoms with E-state index in [9.17, 15) is 0 Å². The first-order valence-electron chi connectivity index (χ1n) is 4.93. The Balaban J connectivity index is 2.51. The van der Waals surface area contributed by atoms with E-state index >= 15 is 0 Å². The van der Waals surface area contributed by atoms with E-state index in [-0.39, 0.29) is 5.54 Å². The second-order valence-electron chi connectivity index (χ2n) is 4.51. The number of pyridine rings is 1. The van der Waals surface area contributed by atoms with Gasteiger partial charge in [-0.25, -0.2) is 0 Å². The molecule has 1 heterocycles. The van der Waals surface area contributed by atoms with Gasteiger partial charge in [0.1, 0.15) is 0 Å². The second-order valence-corrected chi connectivity index (χ2v) is 6.28. The van der Waals surface area contributed by atoms with E-state index < -0.39 is 0 Å². The molecule has 0 radical (unpaired) electrons. The minimum absolute atomic E-state index is 0.168. The summed E-state index contributed by atoms with van der Waals surface area (Å²) in [5, 5.41) is 3.44. The number of aromatic nitrogens is 1. The molecule has 0 saturated carbocycles. The Morgan fingerprint density at radius 1 is 1.33 bits per heavy atom. The molecule has 0 saturated heterocycles. The maximum Gasteiger partial charge on any atom is 0.0558 e. The van der Waals surface area contributed by atoms with Crippen LogP contribution in [0.2, 0.25) is 0 Å². The fourth-order valence-corrected chi connectivity index (χ4v) is 2.37. The lowest BCUT2D eigenvalue weighted by Gasteiger charge is -2.20. The molecule has 15 heavy (non-hydrogen) atoms. The zero-order chi connectivity index (χ0) is 11.5. The molecule has 0 amide bonds. The van der Waals surface area contributed by atoms with Crippen LogP contribution in [0, 0.1) is 0 Å². The van der Waals surface area contributed by atoms with Gasteiger partial charge < -0.3 is 5.32 Å². The molecule has 0 unspecified atom stereocenters. The molecule has 4 heteroatoms. The first kappa shape index (κ1) is 13.1. The SMILES string of the molecule is CC(C)(C)NCCc1ncc(Br)cc1Br. The molecule has 0 spiro atoms. The Morgan fingerprint density at radius 3 is 2.53 bits per heavy atom. The van der Waals surface area contributed by atoms with Crippen molar-refractivity contribution in [1.29, 1.82) is 0 Å². The third kappa shape index (κ3) is 5.09. The van der Waals surface area contributed by atoms with E-state index in [0.29, 0.717) is 0 Å². The average molecular weight is 336 g/mol. The molecule has 84 valence electrons. The van der Waals surface area contributed by atoms with E-state index in [4.69, 9.17) is 0 Å². The highest BCUT2D eigenvalue weighted by atomic mass is 79.9. The van der Waals surface area contributed by atoms with Gasteiger partial charge in [-0.2, -0.15) is 0 Å². The molecular weight excluding hydrogens is 320 g/mol. The third-order valence-electron chi connectivity index (χ3n) is 1.90. The van der Waals surface area contributed by atoms with Crippen molar-refractivity contribution in [1.82, 2.24) is 10.3 Å². The standard InChI is InChI=1S/C11H16Br2N2/c1-11(2,3)15-5-4-10-9(13)6-8(12)7-14-10/h6-7,15H,4-5H2,1-3H3. The summed E-state index contributed by atoms with van der Waals surface area (Å²) >= 11 is 6.90. The van der Waals surface area contributed by atoms with Crippen molar-refractivity contribution in [2.24, 2.45) is 0 Å². The van der Waals surface area contributed by atoms with Crippen molar-refractivity contribution in [3.63, 3.8) is 0 Å². The number of halogens is 2. The molecule has 0 fully saturated rings. The van der Waals surface area contributed by atoms with Gasteiger partial charge in [-0.15, -0.1) is 0 Å². The van der Waals surface area contributed by atoms with Gasteiger partial charge >= 0.3 is 0 Å². The number of nitrogens with zero attached hydrogens (tertiary/aromatic N) is 1. The van der Waals surface area contributed by atoms with Crippen molar-refractivity contribution in [2.45, 2.75) is 32.7 Å². The zero-order valence-electron chi connectivity index (χ0n) is 9.27. The minimum Gasteiger partial charge on any atom is -0.312 e. The molecule has 1 rings (SSSR count). The predicted octanol–water partition coefficient (Wildman–Crippen LogP) is 3.54. The zero-order valence-corrected chi connectivity index (χ0v) is 12.4. The summed E-state index contributed by atoms with van der Waals surface area (Å²) in [7, 11) is 0. The summed E-state index contributed by atoms with van der Waals surface area (Å²) in [6.07, 6.45) is 2.77. The summed E-state index contributed by atoms with van der Waals surface area (Å²) < 4.78 is 2.06. The van der Waals surface area contributed by atoms with Crippen LogP contribution in [0.5, 0.6) is 0 Å². The van der Waals surface area contributed by atoms with Crippen LogP contribution in [0.25, 0.3) is 0 Å². The van der Waals surface area contributed by atoms with Crippen LogP contribution in [0.15, 0.2) is 21.2 Å². The highest BCUT2D eigenvalue weighted by Crippen LogP contribution is 2.19. The molecule has 1 aromatic heterocycles. The monoisotopic (exact) mass is 334 g/mol. The van der Waals surface area contributed by atoms with E-state index in [1.54, 1.807) is 0 Å². The molecule has 1 aromatic rings. The summed E-state index contributed by atoms with van der Waals surface area (Å²) in [5.41, 5.74) is 1.26. The van der Waals surface area contributed by atoms with E-state index in [1.807, 2.05) is 12.3 Å². The van der Waals surface area contributed by atoms with Crippen LogP contribution in [0.4, 0.5) is 0 Å². The first-order valence-corrected chi connectivity index (χ1v) is 6.52. The molecule has 0 aliphatic heterocycles. The molecule has 0 bridgehead atoms. The van der Waals surface area contributed by atoms with Crippen molar-refractivity contribution >= 4 is 31.9 Å². The van der Waals surface area contributed by atoms with Crippen molar-refractivity contribution < 1.29 is 0 Å². The largest absolute Gasteiger partial charge is 0.312 e. The quantitative estimate of drug-likeness (QED) is 0.913. The van der Waals surface area contributed by atoms with Crippen LogP contribution in [0.3, 0.4) is 0 Å². The Kier molecular flexibility index (Phi) is 4.74. The Hall–Kier alpha value is 0.0700. The number of hydrogen-bond acceptors (Lipinski definition) is 2. The number of rotatable bonds is 3. The van der Waals surface area contributed by atoms with Crippen molar-refractivity contribution in [3.05, 3.63) is 26.9 Å². The maximum atomic E-state index is 4.36. The highest BCUT2D eigenvalue weighted by Gasteiger charge is 2.09. The average Bonchev–Trinajstić information content (AvgIpc) is 2.07. The molecule has 1 N–H and O–H groups in total. The number of nitrogens with one attached hydrogen (secondary N) is 1. The Morgan fingerprint density at radius 2 is 2.00 bits per heavy atom. The molecule has 0 aliphatic carbocycles. The van der Waals surface area contributed by atoms with Gasteiger partial charge in [-0.3, -0.25) is 4.98 Å². The molecule has 0 aliphatic rings. The fourth-order valence-electron chi connectivity index (χ4n) is 1.18. The smallest absolute Gasteiger partial charge is 0.0558 e. The van der Waals surface area contributed by atoms with Crippen LogP contribution in [-0.2, 0) is 6.42 Å². The third-order valence-corrected chi connectivity index (χ3v) is 3.02. The summed E-state index contributed by atoms with van der Waals surface area (Å²) in [6, 6.07) is 2.03. The van der Waals surface area contributed by atoms with Gasteiger partial charge in [0.05, 0.1) is 5.69 Å². The second kappa shape index (κ2) is 5.41. The lowest BCUT2D eigenvalue weighted by molar-refractivity contribution is 0.428. The highest BCUT2D eigenvalue weighted by molar-refractivity contribution is 9.11. The Labute approximate surface area is 108 Å².